The van der Waals surface area contributed by atoms with Crippen LogP contribution in [0.3, 0.4) is 0 Å². The molecule has 0 spiro atoms. The molecule has 36 heavy (non-hydrogen) atoms. The second-order valence-electron chi connectivity index (χ2n) is 10.1. The molecule has 0 fully saturated rings. The van der Waals surface area contributed by atoms with Crippen molar-refractivity contribution in [1.82, 2.24) is 18.9 Å². The Bertz CT molecular complexity index is 1490. The van der Waals surface area contributed by atoms with Gasteiger partial charge >= 0.3 is 0 Å². The van der Waals surface area contributed by atoms with E-state index < -0.39 is 18.3 Å². The maximum Gasteiger partial charge on any atom is 0.269 e. The van der Waals surface area contributed by atoms with E-state index in [4.69, 9.17) is 4.43 Å². The third kappa shape index (κ3) is 5.52. The Hall–Kier alpha value is -1.87. The van der Waals surface area contributed by atoms with Gasteiger partial charge in [0.2, 0.25) is 0 Å². The quantitative estimate of drug-likeness (QED) is 0.179. The molecule has 0 aliphatic rings. The van der Waals surface area contributed by atoms with Crippen LogP contribution in [0.15, 0.2) is 47.9 Å². The van der Waals surface area contributed by atoms with Crippen molar-refractivity contribution in [2.45, 2.75) is 63.9 Å². The average molecular weight is 656 g/mol. The molecule has 0 aliphatic heterocycles. The largest absolute Gasteiger partial charge is 0.412 e. The van der Waals surface area contributed by atoms with Crippen LogP contribution in [0.4, 0.5) is 5.82 Å². The maximum absolute atomic E-state index is 13.3. The van der Waals surface area contributed by atoms with Crippen LogP contribution in [0.2, 0.25) is 18.1 Å². The van der Waals surface area contributed by atoms with E-state index in [9.17, 15) is 8.42 Å². The molecule has 1 aromatic carbocycles. The molecular weight excluding hydrogens is 625 g/mol. The van der Waals surface area contributed by atoms with Crippen molar-refractivity contribution in [3.63, 3.8) is 0 Å². The number of rotatable bonds is 8. The van der Waals surface area contributed by atoms with Crippen LogP contribution in [0.5, 0.6) is 0 Å². The number of hydrogen-bond acceptors (Lipinski definition) is 8. The molecule has 3 aromatic heterocycles. The highest BCUT2D eigenvalue weighted by Crippen LogP contribution is 2.37. The van der Waals surface area contributed by atoms with Gasteiger partial charge in [-0.15, -0.1) is 11.3 Å². The van der Waals surface area contributed by atoms with E-state index in [1.807, 2.05) is 13.1 Å². The van der Waals surface area contributed by atoms with Gasteiger partial charge in [0.15, 0.2) is 14.0 Å². The van der Waals surface area contributed by atoms with Crippen molar-refractivity contribution in [1.29, 1.82) is 0 Å². The molecule has 192 valence electrons. The molecular formula is C24H30IN5O3S2Si. The van der Waals surface area contributed by atoms with Crippen LogP contribution in [0, 0.1) is 10.5 Å². The highest BCUT2D eigenvalue weighted by molar-refractivity contribution is 14.1. The molecule has 0 aliphatic carbocycles. The number of nitrogens with one attached hydrogen (secondary N) is 1. The van der Waals surface area contributed by atoms with Crippen molar-refractivity contribution >= 4 is 69.1 Å². The van der Waals surface area contributed by atoms with Gasteiger partial charge in [-0.2, -0.15) is 0 Å². The molecule has 4 aromatic rings. The molecule has 0 saturated heterocycles. The van der Waals surface area contributed by atoms with Crippen molar-refractivity contribution in [2.75, 3.05) is 5.32 Å². The van der Waals surface area contributed by atoms with Crippen LogP contribution in [0.1, 0.15) is 36.2 Å². The third-order valence-electron chi connectivity index (χ3n) is 6.47. The van der Waals surface area contributed by atoms with Crippen LogP contribution >= 0.6 is 33.9 Å². The van der Waals surface area contributed by atoms with Crippen LogP contribution in [-0.2, 0) is 27.6 Å². The molecule has 0 amide bonds. The summed E-state index contributed by atoms with van der Waals surface area (Å²) in [6.45, 7) is 14.1. The minimum absolute atomic E-state index is 0.154. The van der Waals surface area contributed by atoms with Gasteiger partial charge in [0, 0.05) is 20.8 Å². The molecule has 0 bridgehead atoms. The molecule has 12 heteroatoms. The predicted molar refractivity (Wildman–Crippen MR) is 155 cm³/mol. The summed E-state index contributed by atoms with van der Waals surface area (Å²) in [7, 11) is -5.63. The highest BCUT2D eigenvalue weighted by Gasteiger charge is 2.37. The smallest absolute Gasteiger partial charge is 0.269 e. The first-order valence-corrected chi connectivity index (χ1v) is 17.7. The van der Waals surface area contributed by atoms with Crippen molar-refractivity contribution in [3.8, 4) is 0 Å². The zero-order chi connectivity index (χ0) is 26.3. The van der Waals surface area contributed by atoms with Gasteiger partial charge in [0.1, 0.15) is 17.2 Å². The summed E-state index contributed by atoms with van der Waals surface area (Å²) in [4.78, 5) is 14.5. The number of anilines is 1. The zero-order valence-corrected chi connectivity index (χ0v) is 26.0. The molecule has 4 rings (SSSR count). The fraction of sp³-hybridized carbons (Fsp3) is 0.375. The number of halogens is 1. The Kier molecular flexibility index (Phi) is 7.64. The van der Waals surface area contributed by atoms with Crippen molar-refractivity contribution < 1.29 is 12.8 Å². The standard InChI is InChI=1S/C24H30IN5O3S2Si/c1-16-7-9-18(10-8-16)35(31,32)30-13-19(25)21-22(28-15-29-23(21)30)27-12-20-26-11-17(34-20)14-33-36(5,6)24(2,3)4/h7-11,13,15H,12,14H2,1-6H3,(H,27,28,29). The first-order chi connectivity index (χ1) is 16.8. The fourth-order valence-electron chi connectivity index (χ4n) is 3.26. The lowest BCUT2D eigenvalue weighted by atomic mass is 10.2. The Morgan fingerprint density at radius 2 is 1.83 bits per heavy atom. The number of benzene rings is 1. The zero-order valence-electron chi connectivity index (χ0n) is 21.2. The highest BCUT2D eigenvalue weighted by atomic mass is 127. The SMILES string of the molecule is Cc1ccc(S(=O)(=O)n2cc(I)c3c(NCc4ncc(CO[Si](C)(C)C(C)(C)C)s4)ncnc32)cc1. The molecule has 1 N–H and O–H groups in total. The Balaban J connectivity index is 1.54. The van der Waals surface area contributed by atoms with Crippen LogP contribution in [-0.4, -0.2) is 35.7 Å². The molecule has 3 heterocycles. The third-order valence-corrected chi connectivity index (χ3v) is 14.4. The summed E-state index contributed by atoms with van der Waals surface area (Å²) in [6.07, 6.45) is 4.82. The van der Waals surface area contributed by atoms with E-state index in [-0.39, 0.29) is 9.93 Å². The fourth-order valence-corrected chi connectivity index (χ4v) is 7.37. The van der Waals surface area contributed by atoms with Gasteiger partial charge in [-0.25, -0.2) is 27.3 Å². The summed E-state index contributed by atoms with van der Waals surface area (Å²) >= 11 is 3.72. The number of hydrogen-bond donors (Lipinski definition) is 1. The lowest BCUT2D eigenvalue weighted by molar-refractivity contribution is 0.279. The van der Waals surface area contributed by atoms with Crippen LogP contribution < -0.4 is 5.32 Å². The number of thiazole rings is 1. The summed E-state index contributed by atoms with van der Waals surface area (Å²) in [5.41, 5.74) is 1.33. The van der Waals surface area contributed by atoms with Gasteiger partial charge in [0.05, 0.1) is 23.4 Å². The second kappa shape index (κ2) is 10.1. The van der Waals surface area contributed by atoms with Gasteiger partial charge in [-0.3, -0.25) is 0 Å². The molecule has 0 radical (unpaired) electrons. The van der Waals surface area contributed by atoms with Crippen LogP contribution in [0.25, 0.3) is 11.0 Å². The number of fused-ring (bicyclic) bond motifs is 1. The van der Waals surface area contributed by atoms with E-state index in [2.05, 4.69) is 76.7 Å². The predicted octanol–water partition coefficient (Wildman–Crippen LogP) is 6.17. The number of aromatic nitrogens is 4. The van der Waals surface area contributed by atoms with E-state index in [1.54, 1.807) is 41.8 Å². The average Bonchev–Trinajstić information content (AvgIpc) is 3.41. The molecule has 0 atom stereocenters. The molecule has 0 saturated carbocycles. The molecule has 8 nitrogen and oxygen atoms in total. The maximum atomic E-state index is 13.3. The normalized spacial score (nSPS) is 12.9. The Labute approximate surface area is 230 Å². The molecule has 0 unspecified atom stereocenters. The summed E-state index contributed by atoms with van der Waals surface area (Å²) in [5.74, 6) is 0.566. The lowest BCUT2D eigenvalue weighted by Crippen LogP contribution is -2.40. The monoisotopic (exact) mass is 655 g/mol. The first kappa shape index (κ1) is 27.2. The summed E-state index contributed by atoms with van der Waals surface area (Å²) in [6, 6.07) is 6.79. The lowest BCUT2D eigenvalue weighted by Gasteiger charge is -2.35. The minimum Gasteiger partial charge on any atom is -0.412 e. The van der Waals surface area contributed by atoms with E-state index >= 15 is 0 Å². The van der Waals surface area contributed by atoms with Gasteiger partial charge < -0.3 is 9.74 Å². The van der Waals surface area contributed by atoms with Gasteiger partial charge in [-0.05, 0) is 59.8 Å². The Morgan fingerprint density at radius 1 is 1.14 bits per heavy atom. The summed E-state index contributed by atoms with van der Waals surface area (Å²) < 4.78 is 34.9. The second-order valence-corrected chi connectivity index (χ2v) is 19.1. The number of nitrogens with zero attached hydrogens (tertiary/aromatic N) is 4. The van der Waals surface area contributed by atoms with Crippen molar-refractivity contribution in [3.05, 3.63) is 62.0 Å². The summed E-state index contributed by atoms with van der Waals surface area (Å²) in [5, 5.41) is 5.03. The topological polar surface area (TPSA) is 99.0 Å². The van der Waals surface area contributed by atoms with E-state index in [0.29, 0.717) is 30.0 Å². The first-order valence-electron chi connectivity index (χ1n) is 11.4. The van der Waals surface area contributed by atoms with E-state index in [0.717, 1.165) is 19.0 Å². The number of aryl methyl sites for hydroxylation is 1. The van der Waals surface area contributed by atoms with E-state index in [1.165, 1.54) is 10.3 Å². The van der Waals surface area contributed by atoms with Crippen molar-refractivity contribution in [2.24, 2.45) is 0 Å². The van der Waals surface area contributed by atoms with Gasteiger partial charge in [-0.1, -0.05) is 38.5 Å². The minimum atomic E-state index is -3.80. The van der Waals surface area contributed by atoms with Gasteiger partial charge in [0.25, 0.3) is 10.0 Å². The Morgan fingerprint density at radius 3 is 2.50 bits per heavy atom.